The van der Waals surface area contributed by atoms with E-state index in [1.54, 1.807) is 6.92 Å². The summed E-state index contributed by atoms with van der Waals surface area (Å²) in [5.41, 5.74) is 2.13. The number of hydrogen-bond acceptors (Lipinski definition) is 4. The number of rotatable bonds is 9. The third-order valence-electron chi connectivity index (χ3n) is 4.26. The van der Waals surface area contributed by atoms with Crippen molar-refractivity contribution in [2.75, 3.05) is 19.1 Å². The molecule has 4 nitrogen and oxygen atoms in total. The monoisotopic (exact) mass is 378 g/mol. The zero-order valence-corrected chi connectivity index (χ0v) is 16.2. The van der Waals surface area contributed by atoms with Crippen LogP contribution in [-0.4, -0.2) is 41.5 Å². The topological polar surface area (TPSA) is 58.9 Å². The van der Waals surface area contributed by atoms with Crippen LogP contribution in [0.25, 0.3) is 0 Å². The number of hydrogen-bond donors (Lipinski definition) is 2. The lowest BCUT2D eigenvalue weighted by Gasteiger charge is -2.26. The largest absolute Gasteiger partial charge is 0.491 e. The quantitative estimate of drug-likeness (QED) is 0.652. The Morgan fingerprint density at radius 1 is 0.846 bits per heavy atom. The van der Waals surface area contributed by atoms with E-state index in [4.69, 9.17) is 21.1 Å². The van der Waals surface area contributed by atoms with Crippen LogP contribution in [0.3, 0.4) is 0 Å². The van der Waals surface area contributed by atoms with Crippen molar-refractivity contribution in [1.29, 1.82) is 0 Å². The summed E-state index contributed by atoms with van der Waals surface area (Å²) < 4.78 is 11.0. The van der Waals surface area contributed by atoms with Crippen molar-refractivity contribution in [3.63, 3.8) is 0 Å². The summed E-state index contributed by atoms with van der Waals surface area (Å²) in [6.45, 7) is 6.47. The lowest BCUT2D eigenvalue weighted by Crippen LogP contribution is -2.20. The van der Waals surface area contributed by atoms with Gasteiger partial charge in [-0.25, -0.2) is 0 Å². The van der Waals surface area contributed by atoms with Gasteiger partial charge in [0.25, 0.3) is 0 Å². The minimum absolute atomic E-state index is 0.155. The maximum atomic E-state index is 9.46. The molecule has 0 heterocycles. The minimum Gasteiger partial charge on any atom is -0.491 e. The van der Waals surface area contributed by atoms with Crippen molar-refractivity contribution in [2.24, 2.45) is 0 Å². The summed E-state index contributed by atoms with van der Waals surface area (Å²) >= 11 is 5.57. The highest BCUT2D eigenvalue weighted by molar-refractivity contribution is 6.18. The van der Waals surface area contributed by atoms with E-state index >= 15 is 0 Å². The first kappa shape index (κ1) is 20.6. The SMILES string of the molecule is C[C@H](O)COc1ccc(C(C)(C)c2ccc(OC[C@H](O)CCl)cc2)cc1. The molecular formula is C21H27ClO4. The Hall–Kier alpha value is -1.75. The van der Waals surface area contributed by atoms with Gasteiger partial charge in [0.05, 0.1) is 12.0 Å². The minimum atomic E-state index is -0.665. The molecule has 142 valence electrons. The number of aliphatic hydroxyl groups excluding tert-OH is 2. The fourth-order valence-electron chi connectivity index (χ4n) is 2.56. The standard InChI is InChI=1S/C21H27ClO4/c1-15(23)13-25-19-8-4-16(5-9-19)21(2,3)17-6-10-20(11-7-17)26-14-18(24)12-22/h4-11,15,18,23-24H,12-14H2,1-3H3/t15-,18+/m0/s1. The van der Waals surface area contributed by atoms with E-state index in [-0.39, 0.29) is 24.5 Å². The first-order valence-electron chi connectivity index (χ1n) is 8.71. The summed E-state index contributed by atoms with van der Waals surface area (Å²) in [7, 11) is 0. The van der Waals surface area contributed by atoms with Crippen LogP contribution in [0.5, 0.6) is 11.5 Å². The number of alkyl halides is 1. The van der Waals surface area contributed by atoms with Gasteiger partial charge in [-0.05, 0) is 42.3 Å². The zero-order chi connectivity index (χ0) is 19.2. The van der Waals surface area contributed by atoms with E-state index < -0.39 is 12.2 Å². The molecule has 2 aromatic carbocycles. The van der Waals surface area contributed by atoms with E-state index in [9.17, 15) is 10.2 Å². The maximum absolute atomic E-state index is 9.46. The van der Waals surface area contributed by atoms with Crippen molar-refractivity contribution in [3.8, 4) is 11.5 Å². The van der Waals surface area contributed by atoms with E-state index in [1.165, 1.54) is 0 Å². The molecule has 0 spiro atoms. The van der Waals surface area contributed by atoms with Gasteiger partial charge in [-0.3, -0.25) is 0 Å². The average Bonchev–Trinajstić information content (AvgIpc) is 2.65. The molecule has 26 heavy (non-hydrogen) atoms. The predicted molar refractivity (Wildman–Crippen MR) is 104 cm³/mol. The van der Waals surface area contributed by atoms with E-state index in [0.717, 1.165) is 16.9 Å². The van der Waals surface area contributed by atoms with Crippen LogP contribution < -0.4 is 9.47 Å². The van der Waals surface area contributed by atoms with Crippen LogP contribution >= 0.6 is 11.6 Å². The summed E-state index contributed by atoms with van der Waals surface area (Å²) in [5.74, 6) is 1.60. The van der Waals surface area contributed by atoms with Crippen LogP contribution in [0.2, 0.25) is 0 Å². The average molecular weight is 379 g/mol. The molecule has 0 bridgehead atoms. The van der Waals surface area contributed by atoms with Gasteiger partial charge in [-0.15, -0.1) is 11.6 Å². The summed E-state index contributed by atoms with van der Waals surface area (Å²) in [6.07, 6.45) is -1.15. The third kappa shape index (κ3) is 5.63. The molecule has 5 heteroatoms. The lowest BCUT2D eigenvalue weighted by atomic mass is 9.78. The molecule has 0 unspecified atom stereocenters. The highest BCUT2D eigenvalue weighted by atomic mass is 35.5. The maximum Gasteiger partial charge on any atom is 0.119 e. The zero-order valence-electron chi connectivity index (χ0n) is 15.5. The Kier molecular flexibility index (Phi) is 7.33. The first-order chi connectivity index (χ1) is 12.3. The molecule has 0 fully saturated rings. The van der Waals surface area contributed by atoms with E-state index in [2.05, 4.69) is 13.8 Å². The third-order valence-corrected chi connectivity index (χ3v) is 4.62. The number of benzene rings is 2. The van der Waals surface area contributed by atoms with Crippen molar-refractivity contribution >= 4 is 11.6 Å². The molecule has 0 aliphatic rings. The van der Waals surface area contributed by atoms with E-state index in [0.29, 0.717) is 5.75 Å². The Morgan fingerprint density at radius 3 is 1.65 bits per heavy atom. The molecule has 0 amide bonds. The molecule has 0 aliphatic carbocycles. The van der Waals surface area contributed by atoms with Crippen molar-refractivity contribution in [3.05, 3.63) is 59.7 Å². The highest BCUT2D eigenvalue weighted by Crippen LogP contribution is 2.33. The van der Waals surface area contributed by atoms with Crippen molar-refractivity contribution in [1.82, 2.24) is 0 Å². The van der Waals surface area contributed by atoms with Crippen molar-refractivity contribution in [2.45, 2.75) is 38.4 Å². The second-order valence-electron chi connectivity index (χ2n) is 6.95. The summed E-state index contributed by atoms with van der Waals surface area (Å²) in [6, 6.07) is 15.8. The van der Waals surface area contributed by atoms with Gasteiger partial charge >= 0.3 is 0 Å². The van der Waals surface area contributed by atoms with Crippen LogP contribution in [0.1, 0.15) is 31.9 Å². The molecule has 0 aromatic heterocycles. The number of aliphatic hydroxyl groups is 2. The van der Waals surface area contributed by atoms with Gasteiger partial charge in [-0.2, -0.15) is 0 Å². The van der Waals surface area contributed by atoms with Gasteiger partial charge in [0, 0.05) is 5.41 Å². The molecule has 2 rings (SSSR count). The fourth-order valence-corrected chi connectivity index (χ4v) is 2.65. The van der Waals surface area contributed by atoms with E-state index in [1.807, 2.05) is 48.5 Å². The lowest BCUT2D eigenvalue weighted by molar-refractivity contribution is 0.122. The molecule has 2 atom stereocenters. The Balaban J connectivity index is 2.06. The fraction of sp³-hybridized carbons (Fsp3) is 0.429. The number of halogens is 1. The van der Waals surface area contributed by atoms with Gasteiger partial charge in [0.1, 0.15) is 30.8 Å². The van der Waals surface area contributed by atoms with Gasteiger partial charge in [0.15, 0.2) is 0 Å². The van der Waals surface area contributed by atoms with Crippen LogP contribution in [0.15, 0.2) is 48.5 Å². The van der Waals surface area contributed by atoms with Gasteiger partial charge in [0.2, 0.25) is 0 Å². The molecule has 2 N–H and O–H groups in total. The molecule has 0 aliphatic heterocycles. The summed E-state index contributed by atoms with van der Waals surface area (Å²) in [5, 5.41) is 18.8. The second-order valence-corrected chi connectivity index (χ2v) is 7.26. The van der Waals surface area contributed by atoms with Crippen LogP contribution in [-0.2, 0) is 5.41 Å². The smallest absolute Gasteiger partial charge is 0.119 e. The molecule has 0 saturated heterocycles. The highest BCUT2D eigenvalue weighted by Gasteiger charge is 2.23. The van der Waals surface area contributed by atoms with Crippen LogP contribution in [0, 0.1) is 0 Å². The second kappa shape index (κ2) is 9.26. The van der Waals surface area contributed by atoms with Crippen LogP contribution in [0.4, 0.5) is 0 Å². The normalized spacial score (nSPS) is 13.9. The molecule has 2 aromatic rings. The number of ether oxygens (including phenoxy) is 2. The predicted octanol–water partition coefficient (Wildman–Crippen LogP) is 3.75. The molecular weight excluding hydrogens is 352 g/mol. The molecule has 0 saturated carbocycles. The Morgan fingerprint density at radius 2 is 1.27 bits per heavy atom. The van der Waals surface area contributed by atoms with Crippen molar-refractivity contribution < 1.29 is 19.7 Å². The Bertz CT molecular complexity index is 665. The Labute approximate surface area is 160 Å². The van der Waals surface area contributed by atoms with Gasteiger partial charge < -0.3 is 19.7 Å². The first-order valence-corrected chi connectivity index (χ1v) is 9.25. The molecule has 0 radical (unpaired) electrons. The summed E-state index contributed by atoms with van der Waals surface area (Å²) in [4.78, 5) is 0. The van der Waals surface area contributed by atoms with Gasteiger partial charge in [-0.1, -0.05) is 38.1 Å².